The highest BCUT2D eigenvalue weighted by Gasteiger charge is 2.37. The van der Waals surface area contributed by atoms with E-state index >= 15 is 0 Å². The molecule has 5 nitrogen and oxygen atoms in total. The number of carbonyl (C=O) groups is 2. The first kappa shape index (κ1) is 18.8. The van der Waals surface area contributed by atoms with Crippen molar-refractivity contribution in [3.8, 4) is 0 Å². The van der Waals surface area contributed by atoms with Crippen LogP contribution in [0.3, 0.4) is 0 Å². The molecule has 3 fully saturated rings. The van der Waals surface area contributed by atoms with Gasteiger partial charge < -0.3 is 9.80 Å². The van der Waals surface area contributed by atoms with Crippen LogP contribution in [0, 0.1) is 11.8 Å². The number of benzene rings is 1. The van der Waals surface area contributed by atoms with Gasteiger partial charge >= 0.3 is 0 Å². The van der Waals surface area contributed by atoms with Crippen LogP contribution >= 0.6 is 11.6 Å². The number of likely N-dealkylation sites (tertiary alicyclic amines) is 1. The van der Waals surface area contributed by atoms with Gasteiger partial charge in [0.2, 0.25) is 11.8 Å². The molecule has 27 heavy (non-hydrogen) atoms. The standard InChI is InChI=1S/C21H28ClN3O2/c22-19-5-1-16(2-6-19)15-23-11-13-25(14-12-23)21(27)18-7-9-24(10-8-18)20(26)17-3-4-17/h1-2,5-6,17-18H,3-4,7-15H2. The third-order valence-corrected chi connectivity index (χ3v) is 6.34. The molecular weight excluding hydrogens is 362 g/mol. The summed E-state index contributed by atoms with van der Waals surface area (Å²) in [4.78, 5) is 31.4. The molecule has 0 N–H and O–H groups in total. The predicted molar refractivity (Wildman–Crippen MR) is 105 cm³/mol. The van der Waals surface area contributed by atoms with E-state index in [1.165, 1.54) is 5.56 Å². The fourth-order valence-electron chi connectivity index (χ4n) is 4.17. The molecule has 1 aromatic rings. The van der Waals surface area contributed by atoms with E-state index in [4.69, 9.17) is 11.6 Å². The van der Waals surface area contributed by atoms with E-state index in [-0.39, 0.29) is 11.8 Å². The Hall–Kier alpha value is -1.59. The van der Waals surface area contributed by atoms with Crippen LogP contribution in [-0.4, -0.2) is 65.8 Å². The molecule has 0 bridgehead atoms. The second kappa shape index (κ2) is 8.19. The highest BCUT2D eigenvalue weighted by atomic mass is 35.5. The number of piperazine rings is 1. The van der Waals surface area contributed by atoms with Crippen LogP contribution in [0.1, 0.15) is 31.2 Å². The van der Waals surface area contributed by atoms with E-state index in [9.17, 15) is 9.59 Å². The van der Waals surface area contributed by atoms with Gasteiger partial charge in [-0.3, -0.25) is 14.5 Å². The van der Waals surface area contributed by atoms with Crippen LogP contribution in [0.5, 0.6) is 0 Å². The maximum absolute atomic E-state index is 12.9. The maximum atomic E-state index is 12.9. The smallest absolute Gasteiger partial charge is 0.225 e. The molecule has 2 aliphatic heterocycles. The first-order valence-electron chi connectivity index (χ1n) is 10.1. The van der Waals surface area contributed by atoms with Gasteiger partial charge in [0.25, 0.3) is 0 Å². The van der Waals surface area contributed by atoms with Crippen LogP contribution in [0.2, 0.25) is 5.02 Å². The first-order chi connectivity index (χ1) is 13.1. The predicted octanol–water partition coefficient (Wildman–Crippen LogP) is 2.63. The SMILES string of the molecule is O=C(C1CC1)N1CCC(C(=O)N2CCN(Cc3ccc(Cl)cc3)CC2)CC1. The zero-order valence-corrected chi connectivity index (χ0v) is 16.5. The molecule has 4 rings (SSSR count). The van der Waals surface area contributed by atoms with Crippen molar-refractivity contribution in [3.63, 3.8) is 0 Å². The molecular formula is C21H28ClN3O2. The van der Waals surface area contributed by atoms with E-state index < -0.39 is 0 Å². The molecule has 1 saturated carbocycles. The molecule has 1 aromatic carbocycles. The second-order valence-electron chi connectivity index (χ2n) is 8.10. The minimum Gasteiger partial charge on any atom is -0.342 e. The summed E-state index contributed by atoms with van der Waals surface area (Å²) in [7, 11) is 0. The maximum Gasteiger partial charge on any atom is 0.225 e. The molecule has 0 unspecified atom stereocenters. The third-order valence-electron chi connectivity index (χ3n) is 6.09. The summed E-state index contributed by atoms with van der Waals surface area (Å²) in [5, 5.41) is 0.763. The number of halogens is 1. The van der Waals surface area contributed by atoms with Crippen molar-refractivity contribution in [2.24, 2.45) is 11.8 Å². The lowest BCUT2D eigenvalue weighted by atomic mass is 9.94. The topological polar surface area (TPSA) is 43.9 Å². The molecule has 2 heterocycles. The molecule has 0 aromatic heterocycles. The quantitative estimate of drug-likeness (QED) is 0.795. The van der Waals surface area contributed by atoms with Gasteiger partial charge in [-0.15, -0.1) is 0 Å². The second-order valence-corrected chi connectivity index (χ2v) is 8.54. The van der Waals surface area contributed by atoms with Crippen molar-refractivity contribution in [2.45, 2.75) is 32.2 Å². The van der Waals surface area contributed by atoms with Crippen LogP contribution < -0.4 is 0 Å². The highest BCUT2D eigenvalue weighted by Crippen LogP contribution is 2.32. The number of hydrogen-bond donors (Lipinski definition) is 0. The summed E-state index contributed by atoms with van der Waals surface area (Å²) >= 11 is 5.95. The lowest BCUT2D eigenvalue weighted by molar-refractivity contribution is -0.142. The van der Waals surface area contributed by atoms with Gasteiger partial charge in [0, 0.05) is 62.7 Å². The summed E-state index contributed by atoms with van der Waals surface area (Å²) in [6.45, 7) is 5.83. The number of piperidine rings is 1. The van der Waals surface area contributed by atoms with Crippen molar-refractivity contribution in [3.05, 3.63) is 34.9 Å². The van der Waals surface area contributed by atoms with Gasteiger partial charge in [0.05, 0.1) is 0 Å². The average Bonchev–Trinajstić information content (AvgIpc) is 3.55. The van der Waals surface area contributed by atoms with Crippen LogP contribution in [0.15, 0.2) is 24.3 Å². The summed E-state index contributed by atoms with van der Waals surface area (Å²) in [6, 6.07) is 7.99. The summed E-state index contributed by atoms with van der Waals surface area (Å²) in [5.74, 6) is 0.985. The Bertz CT molecular complexity index is 673. The number of carbonyl (C=O) groups excluding carboxylic acids is 2. The van der Waals surface area contributed by atoms with E-state index in [2.05, 4.69) is 17.0 Å². The Labute approximate surface area is 166 Å². The fourth-order valence-corrected chi connectivity index (χ4v) is 4.29. The van der Waals surface area contributed by atoms with Crippen molar-refractivity contribution >= 4 is 23.4 Å². The molecule has 0 spiro atoms. The molecule has 2 amide bonds. The third kappa shape index (κ3) is 4.64. The van der Waals surface area contributed by atoms with E-state index in [0.29, 0.717) is 11.8 Å². The van der Waals surface area contributed by atoms with Gasteiger partial charge in [-0.05, 0) is 43.4 Å². The summed E-state index contributed by atoms with van der Waals surface area (Å²) < 4.78 is 0. The lowest BCUT2D eigenvalue weighted by Crippen LogP contribution is -2.51. The minimum absolute atomic E-state index is 0.0936. The Morgan fingerprint density at radius 2 is 1.30 bits per heavy atom. The molecule has 146 valence electrons. The number of amides is 2. The lowest BCUT2D eigenvalue weighted by Gasteiger charge is -2.38. The van der Waals surface area contributed by atoms with E-state index in [0.717, 1.165) is 76.5 Å². The fraction of sp³-hybridized carbons (Fsp3) is 0.619. The molecule has 0 radical (unpaired) electrons. The van der Waals surface area contributed by atoms with Crippen molar-refractivity contribution in [1.82, 2.24) is 14.7 Å². The van der Waals surface area contributed by atoms with Gasteiger partial charge in [-0.25, -0.2) is 0 Å². The normalized spacial score (nSPS) is 22.1. The van der Waals surface area contributed by atoms with Gasteiger partial charge in [-0.2, -0.15) is 0 Å². The zero-order valence-electron chi connectivity index (χ0n) is 15.8. The van der Waals surface area contributed by atoms with Gasteiger partial charge in [0.1, 0.15) is 0 Å². The molecule has 0 atom stereocenters. The van der Waals surface area contributed by atoms with Crippen molar-refractivity contribution in [1.29, 1.82) is 0 Å². The zero-order chi connectivity index (χ0) is 18.8. The highest BCUT2D eigenvalue weighted by molar-refractivity contribution is 6.30. The van der Waals surface area contributed by atoms with E-state index in [1.54, 1.807) is 0 Å². The van der Waals surface area contributed by atoms with Crippen LogP contribution in [-0.2, 0) is 16.1 Å². The number of hydrogen-bond acceptors (Lipinski definition) is 3. The van der Waals surface area contributed by atoms with E-state index in [1.807, 2.05) is 21.9 Å². The average molecular weight is 390 g/mol. The van der Waals surface area contributed by atoms with Crippen LogP contribution in [0.25, 0.3) is 0 Å². The first-order valence-corrected chi connectivity index (χ1v) is 10.5. The summed E-state index contributed by atoms with van der Waals surface area (Å²) in [5.41, 5.74) is 1.26. The number of nitrogens with zero attached hydrogens (tertiary/aromatic N) is 3. The van der Waals surface area contributed by atoms with Gasteiger partial charge in [0.15, 0.2) is 0 Å². The van der Waals surface area contributed by atoms with Crippen molar-refractivity contribution < 1.29 is 9.59 Å². The monoisotopic (exact) mass is 389 g/mol. The number of rotatable bonds is 4. The Balaban J connectivity index is 1.21. The summed E-state index contributed by atoms with van der Waals surface area (Å²) in [6.07, 6.45) is 3.75. The molecule has 3 aliphatic rings. The molecule has 2 saturated heterocycles. The molecule has 1 aliphatic carbocycles. The van der Waals surface area contributed by atoms with Crippen LogP contribution in [0.4, 0.5) is 0 Å². The van der Waals surface area contributed by atoms with Gasteiger partial charge in [-0.1, -0.05) is 23.7 Å². The Morgan fingerprint density at radius 3 is 1.85 bits per heavy atom. The van der Waals surface area contributed by atoms with Crippen molar-refractivity contribution in [2.75, 3.05) is 39.3 Å². The Morgan fingerprint density at radius 1 is 0.778 bits per heavy atom. The Kier molecular flexibility index (Phi) is 5.69. The minimum atomic E-state index is 0.0936. The largest absolute Gasteiger partial charge is 0.342 e. The molecule has 6 heteroatoms.